The van der Waals surface area contributed by atoms with Crippen LogP contribution in [-0.2, 0) is 11.2 Å². The SMILES string of the molecule is CCc1ccc(C(Cl)C(=O)N2CCCC2)cc1. The number of carbonyl (C=O) groups excluding carboxylic acids is 1. The minimum Gasteiger partial charge on any atom is -0.341 e. The number of benzene rings is 1. The summed E-state index contributed by atoms with van der Waals surface area (Å²) >= 11 is 6.24. The number of nitrogens with zero attached hydrogens (tertiary/aromatic N) is 1. The van der Waals surface area contributed by atoms with Gasteiger partial charge in [0.05, 0.1) is 0 Å². The van der Waals surface area contributed by atoms with E-state index in [2.05, 4.69) is 6.92 Å². The van der Waals surface area contributed by atoms with Crippen LogP contribution in [0.3, 0.4) is 0 Å². The Labute approximate surface area is 108 Å². The number of amides is 1. The molecule has 2 rings (SSSR count). The summed E-state index contributed by atoms with van der Waals surface area (Å²) in [6, 6.07) is 8.01. The van der Waals surface area contributed by atoms with E-state index in [9.17, 15) is 4.79 Å². The van der Waals surface area contributed by atoms with Crippen LogP contribution in [0.25, 0.3) is 0 Å². The van der Waals surface area contributed by atoms with Crippen molar-refractivity contribution in [1.82, 2.24) is 4.90 Å². The van der Waals surface area contributed by atoms with Gasteiger partial charge in [0.2, 0.25) is 5.91 Å². The first-order valence-corrected chi connectivity index (χ1v) is 6.67. The van der Waals surface area contributed by atoms with Gasteiger partial charge in [-0.2, -0.15) is 0 Å². The van der Waals surface area contributed by atoms with Crippen molar-refractivity contribution in [2.24, 2.45) is 0 Å². The smallest absolute Gasteiger partial charge is 0.245 e. The van der Waals surface area contributed by atoms with Crippen LogP contribution in [-0.4, -0.2) is 23.9 Å². The van der Waals surface area contributed by atoms with Gasteiger partial charge in [-0.25, -0.2) is 0 Å². The Hall–Kier alpha value is -1.02. The van der Waals surface area contributed by atoms with E-state index in [-0.39, 0.29) is 5.91 Å². The summed E-state index contributed by atoms with van der Waals surface area (Å²) in [5, 5.41) is -0.529. The molecule has 1 fully saturated rings. The van der Waals surface area contributed by atoms with Gasteiger partial charge in [-0.05, 0) is 30.4 Å². The molecule has 1 saturated heterocycles. The first-order chi connectivity index (χ1) is 8.22. The number of hydrogen-bond donors (Lipinski definition) is 0. The summed E-state index contributed by atoms with van der Waals surface area (Å²) in [5.41, 5.74) is 2.17. The van der Waals surface area contributed by atoms with Crippen molar-refractivity contribution in [3.8, 4) is 0 Å². The maximum atomic E-state index is 12.1. The fraction of sp³-hybridized carbons (Fsp3) is 0.500. The van der Waals surface area contributed by atoms with Crippen molar-refractivity contribution >= 4 is 17.5 Å². The van der Waals surface area contributed by atoms with Gasteiger partial charge in [0.1, 0.15) is 5.38 Å². The second-order valence-corrected chi connectivity index (χ2v) is 4.93. The monoisotopic (exact) mass is 251 g/mol. The third kappa shape index (κ3) is 2.81. The number of likely N-dealkylation sites (tertiary alicyclic amines) is 1. The van der Waals surface area contributed by atoms with Crippen LogP contribution in [0.15, 0.2) is 24.3 Å². The van der Waals surface area contributed by atoms with Crippen molar-refractivity contribution in [3.05, 3.63) is 35.4 Å². The van der Waals surface area contributed by atoms with E-state index in [1.54, 1.807) is 0 Å². The molecule has 1 aromatic rings. The van der Waals surface area contributed by atoms with E-state index < -0.39 is 5.38 Å². The third-order valence-electron chi connectivity index (χ3n) is 3.32. The van der Waals surface area contributed by atoms with Gasteiger partial charge in [-0.15, -0.1) is 11.6 Å². The lowest BCUT2D eigenvalue weighted by Gasteiger charge is -2.19. The lowest BCUT2D eigenvalue weighted by Crippen LogP contribution is -2.30. The summed E-state index contributed by atoms with van der Waals surface area (Å²) in [5.74, 6) is 0.0495. The molecule has 0 spiro atoms. The van der Waals surface area contributed by atoms with Crippen LogP contribution in [0.5, 0.6) is 0 Å². The number of rotatable bonds is 3. The number of hydrogen-bond acceptors (Lipinski definition) is 1. The largest absolute Gasteiger partial charge is 0.341 e. The molecule has 0 N–H and O–H groups in total. The highest BCUT2D eigenvalue weighted by atomic mass is 35.5. The molecular weight excluding hydrogens is 234 g/mol. The van der Waals surface area contributed by atoms with E-state index in [1.165, 1.54) is 5.56 Å². The zero-order valence-corrected chi connectivity index (χ0v) is 10.9. The molecule has 0 aliphatic carbocycles. The first kappa shape index (κ1) is 12.4. The standard InChI is InChI=1S/C14H18ClNO/c1-2-11-5-7-12(8-6-11)13(15)14(17)16-9-3-4-10-16/h5-8,13H,2-4,9-10H2,1H3. The van der Waals surface area contributed by atoms with Gasteiger partial charge in [-0.3, -0.25) is 4.79 Å². The number of halogens is 1. The zero-order chi connectivity index (χ0) is 12.3. The van der Waals surface area contributed by atoms with E-state index in [0.717, 1.165) is 37.9 Å². The summed E-state index contributed by atoms with van der Waals surface area (Å²) in [6.45, 7) is 3.83. The Morgan fingerprint density at radius 3 is 2.41 bits per heavy atom. The predicted octanol–water partition coefficient (Wildman–Crippen LogP) is 3.15. The second kappa shape index (κ2) is 5.54. The highest BCUT2D eigenvalue weighted by Gasteiger charge is 2.25. The first-order valence-electron chi connectivity index (χ1n) is 6.24. The van der Waals surface area contributed by atoms with E-state index >= 15 is 0 Å². The Morgan fingerprint density at radius 2 is 1.88 bits per heavy atom. The van der Waals surface area contributed by atoms with Crippen LogP contribution >= 0.6 is 11.6 Å². The average molecular weight is 252 g/mol. The second-order valence-electron chi connectivity index (χ2n) is 4.49. The molecule has 1 aliphatic heterocycles. The Bertz CT molecular complexity index is 382. The Kier molecular flexibility index (Phi) is 4.06. The summed E-state index contributed by atoms with van der Waals surface area (Å²) < 4.78 is 0. The van der Waals surface area contributed by atoms with Crippen LogP contribution in [0, 0.1) is 0 Å². The molecule has 92 valence electrons. The van der Waals surface area contributed by atoms with Gasteiger partial charge in [0, 0.05) is 13.1 Å². The molecule has 0 radical (unpaired) electrons. The van der Waals surface area contributed by atoms with E-state index in [1.807, 2.05) is 29.2 Å². The fourth-order valence-corrected chi connectivity index (χ4v) is 2.45. The highest BCUT2D eigenvalue weighted by molar-refractivity contribution is 6.30. The minimum absolute atomic E-state index is 0.0495. The molecule has 1 aliphatic rings. The molecule has 1 heterocycles. The summed E-state index contributed by atoms with van der Waals surface area (Å²) in [6.07, 6.45) is 3.21. The molecule has 1 atom stereocenters. The molecule has 1 amide bonds. The van der Waals surface area contributed by atoms with E-state index in [0.29, 0.717) is 0 Å². The molecule has 1 unspecified atom stereocenters. The van der Waals surface area contributed by atoms with Gasteiger partial charge >= 0.3 is 0 Å². The highest BCUT2D eigenvalue weighted by Crippen LogP contribution is 2.25. The van der Waals surface area contributed by atoms with Crippen molar-refractivity contribution in [3.63, 3.8) is 0 Å². The number of aryl methyl sites for hydroxylation is 1. The number of alkyl halides is 1. The topological polar surface area (TPSA) is 20.3 Å². The molecule has 0 bridgehead atoms. The quantitative estimate of drug-likeness (QED) is 0.756. The normalized spacial score (nSPS) is 17.2. The van der Waals surface area contributed by atoms with Crippen molar-refractivity contribution in [2.45, 2.75) is 31.6 Å². The summed E-state index contributed by atoms with van der Waals surface area (Å²) in [7, 11) is 0. The van der Waals surface area contributed by atoms with Gasteiger partial charge in [-0.1, -0.05) is 31.2 Å². The molecule has 0 saturated carbocycles. The van der Waals surface area contributed by atoms with Crippen LogP contribution in [0.4, 0.5) is 0 Å². The lowest BCUT2D eigenvalue weighted by atomic mass is 10.1. The maximum absolute atomic E-state index is 12.1. The van der Waals surface area contributed by atoms with Crippen LogP contribution in [0.1, 0.15) is 36.3 Å². The third-order valence-corrected chi connectivity index (χ3v) is 3.75. The minimum atomic E-state index is -0.529. The average Bonchev–Trinajstić information content (AvgIpc) is 2.91. The molecule has 2 nitrogen and oxygen atoms in total. The van der Waals surface area contributed by atoms with Gasteiger partial charge in [0.25, 0.3) is 0 Å². The predicted molar refractivity (Wildman–Crippen MR) is 70.2 cm³/mol. The van der Waals surface area contributed by atoms with E-state index in [4.69, 9.17) is 11.6 Å². The summed E-state index contributed by atoms with van der Waals surface area (Å²) in [4.78, 5) is 14.0. The van der Waals surface area contributed by atoms with Crippen LogP contribution in [0.2, 0.25) is 0 Å². The molecular formula is C14H18ClNO. The van der Waals surface area contributed by atoms with Gasteiger partial charge < -0.3 is 4.90 Å². The van der Waals surface area contributed by atoms with Gasteiger partial charge in [0.15, 0.2) is 0 Å². The molecule has 0 aromatic heterocycles. The zero-order valence-electron chi connectivity index (χ0n) is 10.2. The Balaban J connectivity index is 2.07. The van der Waals surface area contributed by atoms with Crippen molar-refractivity contribution < 1.29 is 4.79 Å². The fourth-order valence-electron chi connectivity index (χ4n) is 2.16. The lowest BCUT2D eigenvalue weighted by molar-refractivity contribution is -0.129. The Morgan fingerprint density at radius 1 is 1.29 bits per heavy atom. The number of carbonyl (C=O) groups is 1. The molecule has 1 aromatic carbocycles. The maximum Gasteiger partial charge on any atom is 0.245 e. The molecule has 3 heteroatoms. The van der Waals surface area contributed by atoms with Crippen molar-refractivity contribution in [1.29, 1.82) is 0 Å². The molecule has 17 heavy (non-hydrogen) atoms. The van der Waals surface area contributed by atoms with Crippen LogP contribution < -0.4 is 0 Å². The van der Waals surface area contributed by atoms with Crippen molar-refractivity contribution in [2.75, 3.05) is 13.1 Å².